The zero-order valence-corrected chi connectivity index (χ0v) is 11.6. The number of nitrogens with two attached hydrogens (primary N) is 1. The molecule has 1 aliphatic carbocycles. The summed E-state index contributed by atoms with van der Waals surface area (Å²) < 4.78 is 11.5. The Morgan fingerprint density at radius 1 is 1.44 bits per heavy atom. The van der Waals surface area contributed by atoms with Crippen LogP contribution in [0.5, 0.6) is 0 Å². The lowest BCUT2D eigenvalue weighted by Gasteiger charge is -2.41. The molecule has 1 heterocycles. The first kappa shape index (κ1) is 14.3. The maximum absolute atomic E-state index is 6.08. The lowest BCUT2D eigenvalue weighted by Crippen LogP contribution is -2.48. The Kier molecular flexibility index (Phi) is 5.42. The topological polar surface area (TPSA) is 56.5 Å². The lowest BCUT2D eigenvalue weighted by atomic mass is 9.80. The molecule has 0 bridgehead atoms. The molecule has 2 aliphatic rings. The Bertz CT molecular complexity index is 242. The molecular formula is C14H28N2O2. The number of rotatable bonds is 6. The summed E-state index contributed by atoms with van der Waals surface area (Å²) >= 11 is 0. The second-order valence-corrected chi connectivity index (χ2v) is 5.75. The van der Waals surface area contributed by atoms with E-state index in [0.29, 0.717) is 12.0 Å². The molecule has 0 radical (unpaired) electrons. The van der Waals surface area contributed by atoms with Crippen LogP contribution in [0.3, 0.4) is 0 Å². The van der Waals surface area contributed by atoms with Crippen molar-refractivity contribution >= 4 is 0 Å². The highest BCUT2D eigenvalue weighted by atomic mass is 16.5. The van der Waals surface area contributed by atoms with Gasteiger partial charge in [-0.1, -0.05) is 12.8 Å². The number of ether oxygens (including phenoxy) is 2. The molecule has 2 unspecified atom stereocenters. The van der Waals surface area contributed by atoms with Crippen LogP contribution in [-0.4, -0.2) is 31.5 Å². The molecule has 3 N–H and O–H groups in total. The fourth-order valence-electron chi connectivity index (χ4n) is 3.59. The number of hydrogen-bond donors (Lipinski definition) is 2. The monoisotopic (exact) mass is 256 g/mol. The van der Waals surface area contributed by atoms with Crippen LogP contribution in [0, 0.1) is 5.92 Å². The van der Waals surface area contributed by atoms with Crippen molar-refractivity contribution < 1.29 is 9.47 Å². The van der Waals surface area contributed by atoms with Gasteiger partial charge in [0, 0.05) is 25.9 Å². The molecule has 106 valence electrons. The minimum absolute atomic E-state index is 0.184. The van der Waals surface area contributed by atoms with Crippen LogP contribution in [0.25, 0.3) is 0 Å². The fraction of sp³-hybridized carbons (Fsp3) is 1.00. The average Bonchev–Trinajstić information content (AvgIpc) is 2.83. The zero-order valence-electron chi connectivity index (χ0n) is 11.6. The van der Waals surface area contributed by atoms with E-state index in [-0.39, 0.29) is 5.60 Å². The van der Waals surface area contributed by atoms with E-state index in [0.717, 1.165) is 32.7 Å². The SMILES string of the molecule is CCOCCC(NN)C1CCOC2(CCCC2)C1. The first-order chi connectivity index (χ1) is 8.79. The fourth-order valence-corrected chi connectivity index (χ4v) is 3.59. The molecule has 4 heteroatoms. The van der Waals surface area contributed by atoms with Crippen molar-refractivity contribution in [1.29, 1.82) is 0 Å². The Morgan fingerprint density at radius 3 is 2.89 bits per heavy atom. The number of hydrazine groups is 1. The van der Waals surface area contributed by atoms with E-state index in [4.69, 9.17) is 15.3 Å². The lowest BCUT2D eigenvalue weighted by molar-refractivity contribution is -0.0991. The van der Waals surface area contributed by atoms with Gasteiger partial charge in [-0.05, 0) is 44.9 Å². The number of nitrogens with one attached hydrogen (secondary N) is 1. The van der Waals surface area contributed by atoms with Gasteiger partial charge in [-0.15, -0.1) is 0 Å². The van der Waals surface area contributed by atoms with Crippen LogP contribution in [-0.2, 0) is 9.47 Å². The summed E-state index contributed by atoms with van der Waals surface area (Å²) in [7, 11) is 0. The Morgan fingerprint density at radius 2 is 2.22 bits per heavy atom. The first-order valence-corrected chi connectivity index (χ1v) is 7.47. The van der Waals surface area contributed by atoms with Crippen LogP contribution in [0.2, 0.25) is 0 Å². The van der Waals surface area contributed by atoms with E-state index >= 15 is 0 Å². The highest BCUT2D eigenvalue weighted by molar-refractivity contribution is 4.93. The predicted octanol–water partition coefficient (Wildman–Crippen LogP) is 1.98. The highest BCUT2D eigenvalue weighted by Crippen LogP contribution is 2.43. The smallest absolute Gasteiger partial charge is 0.0685 e. The van der Waals surface area contributed by atoms with Crippen LogP contribution >= 0.6 is 0 Å². The van der Waals surface area contributed by atoms with Gasteiger partial charge in [0.1, 0.15) is 0 Å². The third-order valence-electron chi connectivity index (χ3n) is 4.61. The number of hydrogen-bond acceptors (Lipinski definition) is 4. The van der Waals surface area contributed by atoms with Crippen LogP contribution < -0.4 is 11.3 Å². The molecule has 18 heavy (non-hydrogen) atoms. The molecule has 1 saturated heterocycles. The molecule has 2 atom stereocenters. The largest absolute Gasteiger partial charge is 0.382 e. The highest BCUT2D eigenvalue weighted by Gasteiger charge is 2.41. The molecule has 0 aromatic rings. The minimum atomic E-state index is 0.184. The van der Waals surface area contributed by atoms with E-state index in [1.807, 2.05) is 6.92 Å². The third kappa shape index (κ3) is 3.44. The van der Waals surface area contributed by atoms with Gasteiger partial charge in [0.25, 0.3) is 0 Å². The van der Waals surface area contributed by atoms with Gasteiger partial charge in [-0.25, -0.2) is 0 Å². The van der Waals surface area contributed by atoms with Gasteiger partial charge in [-0.3, -0.25) is 11.3 Å². The van der Waals surface area contributed by atoms with Gasteiger partial charge in [0.2, 0.25) is 0 Å². The maximum Gasteiger partial charge on any atom is 0.0685 e. The normalized spacial score (nSPS) is 28.7. The van der Waals surface area contributed by atoms with Crippen LogP contribution in [0.1, 0.15) is 51.9 Å². The van der Waals surface area contributed by atoms with Gasteiger partial charge >= 0.3 is 0 Å². The first-order valence-electron chi connectivity index (χ1n) is 7.47. The molecule has 4 nitrogen and oxygen atoms in total. The van der Waals surface area contributed by atoms with Crippen LogP contribution in [0.15, 0.2) is 0 Å². The maximum atomic E-state index is 6.08. The standard InChI is InChI=1S/C14H28N2O2/c1-2-17-9-6-13(16-15)12-5-10-18-14(11-12)7-3-4-8-14/h12-13,16H,2-11,15H2,1H3. The Hall–Kier alpha value is -0.160. The molecule has 2 rings (SSSR count). The van der Waals surface area contributed by atoms with Gasteiger partial charge in [0.15, 0.2) is 0 Å². The molecule has 0 aromatic carbocycles. The van der Waals surface area contributed by atoms with Crippen LogP contribution in [0.4, 0.5) is 0 Å². The van der Waals surface area contributed by atoms with Crippen molar-refractivity contribution in [3.63, 3.8) is 0 Å². The van der Waals surface area contributed by atoms with E-state index in [1.54, 1.807) is 0 Å². The third-order valence-corrected chi connectivity index (χ3v) is 4.61. The second-order valence-electron chi connectivity index (χ2n) is 5.75. The van der Waals surface area contributed by atoms with Crippen molar-refractivity contribution in [3.8, 4) is 0 Å². The molecular weight excluding hydrogens is 228 g/mol. The van der Waals surface area contributed by atoms with E-state index in [1.165, 1.54) is 32.1 Å². The summed E-state index contributed by atoms with van der Waals surface area (Å²) in [5.74, 6) is 6.37. The summed E-state index contributed by atoms with van der Waals surface area (Å²) in [4.78, 5) is 0. The Balaban J connectivity index is 1.85. The average molecular weight is 256 g/mol. The van der Waals surface area contributed by atoms with Gasteiger partial charge < -0.3 is 9.47 Å². The van der Waals surface area contributed by atoms with E-state index < -0.39 is 0 Å². The quantitative estimate of drug-likeness (QED) is 0.433. The minimum Gasteiger partial charge on any atom is -0.382 e. The summed E-state index contributed by atoms with van der Waals surface area (Å²) in [6, 6.07) is 0.373. The molecule has 1 spiro atoms. The molecule has 0 amide bonds. The van der Waals surface area contributed by atoms with Crippen molar-refractivity contribution in [2.24, 2.45) is 11.8 Å². The molecule has 1 saturated carbocycles. The van der Waals surface area contributed by atoms with Gasteiger partial charge in [-0.2, -0.15) is 0 Å². The van der Waals surface area contributed by atoms with Crippen molar-refractivity contribution in [2.75, 3.05) is 19.8 Å². The summed E-state index contributed by atoms with van der Waals surface area (Å²) in [5.41, 5.74) is 3.19. The van der Waals surface area contributed by atoms with Crippen molar-refractivity contribution in [3.05, 3.63) is 0 Å². The molecule has 2 fully saturated rings. The van der Waals surface area contributed by atoms with Crippen molar-refractivity contribution in [2.45, 2.75) is 63.5 Å². The van der Waals surface area contributed by atoms with Crippen molar-refractivity contribution in [1.82, 2.24) is 5.43 Å². The molecule has 1 aliphatic heterocycles. The summed E-state index contributed by atoms with van der Waals surface area (Å²) in [6.45, 7) is 4.52. The van der Waals surface area contributed by atoms with E-state index in [2.05, 4.69) is 5.43 Å². The predicted molar refractivity (Wildman–Crippen MR) is 72.1 cm³/mol. The van der Waals surface area contributed by atoms with Gasteiger partial charge in [0.05, 0.1) is 5.60 Å². The molecule has 0 aromatic heterocycles. The second kappa shape index (κ2) is 6.85. The Labute approximate surface area is 111 Å². The zero-order chi connectivity index (χ0) is 12.8. The van der Waals surface area contributed by atoms with E-state index in [9.17, 15) is 0 Å². The summed E-state index contributed by atoms with van der Waals surface area (Å²) in [5, 5.41) is 0. The summed E-state index contributed by atoms with van der Waals surface area (Å²) in [6.07, 6.45) is 8.44.